The highest BCUT2D eigenvalue weighted by Gasteiger charge is 2.21. The summed E-state index contributed by atoms with van der Waals surface area (Å²) >= 11 is 1.39. The Morgan fingerprint density at radius 1 is 1.19 bits per heavy atom. The molecule has 2 atom stereocenters. The van der Waals surface area contributed by atoms with E-state index in [1.54, 1.807) is 6.07 Å². The summed E-state index contributed by atoms with van der Waals surface area (Å²) in [6, 6.07) is 17.0. The van der Waals surface area contributed by atoms with E-state index in [0.29, 0.717) is 11.1 Å². The zero-order valence-electron chi connectivity index (χ0n) is 14.8. The van der Waals surface area contributed by atoms with E-state index in [0.717, 1.165) is 41.5 Å². The fraction of sp³-hybridized carbons (Fsp3) is 0.333. The van der Waals surface area contributed by atoms with Crippen molar-refractivity contribution in [1.82, 2.24) is 5.32 Å². The largest absolute Gasteiger partial charge is 0.499 e. The maximum absolute atomic E-state index is 9.64. The minimum atomic E-state index is -0.0000510. The van der Waals surface area contributed by atoms with Gasteiger partial charge >= 0.3 is 0 Å². The summed E-state index contributed by atoms with van der Waals surface area (Å²) in [5.74, 6) is 0.848. The summed E-state index contributed by atoms with van der Waals surface area (Å²) in [4.78, 5) is 0. The highest BCUT2D eigenvalue weighted by Crippen LogP contribution is 2.33. The fourth-order valence-electron chi connectivity index (χ4n) is 3.58. The second-order valence-electron chi connectivity index (χ2n) is 6.67. The Hall–Kier alpha value is -1.75. The van der Waals surface area contributed by atoms with Crippen molar-refractivity contribution in [3.8, 4) is 10.8 Å². The first-order valence-corrected chi connectivity index (χ1v) is 9.75. The van der Waals surface area contributed by atoms with E-state index in [1.807, 2.05) is 18.2 Å². The maximum Gasteiger partial charge on any atom is 0.172 e. The minimum Gasteiger partial charge on any atom is -0.499 e. The number of rotatable bonds is 5. The molecule has 1 heterocycles. The third-order valence-corrected chi connectivity index (χ3v) is 5.81. The van der Waals surface area contributed by atoms with Gasteiger partial charge in [0, 0.05) is 10.7 Å². The highest BCUT2D eigenvalue weighted by atomic mass is 35.5. The first-order valence-electron chi connectivity index (χ1n) is 8.93. The molecular weight excluding hydrogens is 366 g/mol. The monoisotopic (exact) mass is 389 g/mol. The van der Waals surface area contributed by atoms with Crippen LogP contribution in [0.2, 0.25) is 0 Å². The van der Waals surface area contributed by atoms with Crippen LogP contribution in [0, 0.1) is 0 Å². The average Bonchev–Trinajstić information content (AvgIpc) is 3.00. The standard InChI is InChI=1S/C21H23NO2S.ClH/c1-2-20(22-17-8-7-14-5-3-4-6-15(14)11-17)24-18-9-10-19-16(12-18)13-21(23)25-19;/h3-6,9-10,12-13,17,20,22-23H,2,7-8,11H2,1H3;1H. The first kappa shape index (κ1) is 19.0. The molecule has 0 saturated heterocycles. The van der Waals surface area contributed by atoms with Crippen molar-refractivity contribution in [3.63, 3.8) is 0 Å². The second-order valence-corrected chi connectivity index (χ2v) is 7.74. The third-order valence-electron chi connectivity index (χ3n) is 4.89. The van der Waals surface area contributed by atoms with Gasteiger partial charge in [0.25, 0.3) is 0 Å². The molecule has 0 aliphatic heterocycles. The molecule has 5 heteroatoms. The molecule has 0 bridgehead atoms. The molecule has 26 heavy (non-hydrogen) atoms. The zero-order valence-corrected chi connectivity index (χ0v) is 16.4. The van der Waals surface area contributed by atoms with E-state index in [2.05, 4.69) is 36.5 Å². The molecule has 2 aromatic carbocycles. The molecule has 1 aliphatic rings. The third kappa shape index (κ3) is 4.14. The van der Waals surface area contributed by atoms with Crippen molar-refractivity contribution in [1.29, 1.82) is 0 Å². The van der Waals surface area contributed by atoms with Crippen LogP contribution in [0.4, 0.5) is 0 Å². The first-order chi connectivity index (χ1) is 12.2. The predicted molar refractivity (Wildman–Crippen MR) is 111 cm³/mol. The van der Waals surface area contributed by atoms with Crippen molar-refractivity contribution >= 4 is 33.8 Å². The Bertz CT molecular complexity index is 879. The van der Waals surface area contributed by atoms with Crippen LogP contribution < -0.4 is 10.1 Å². The van der Waals surface area contributed by atoms with Crippen molar-refractivity contribution in [2.75, 3.05) is 0 Å². The lowest BCUT2D eigenvalue weighted by molar-refractivity contribution is 0.139. The summed E-state index contributed by atoms with van der Waals surface area (Å²) in [7, 11) is 0. The number of thiophene rings is 1. The molecule has 0 spiro atoms. The summed E-state index contributed by atoms with van der Waals surface area (Å²) in [6.45, 7) is 2.14. The van der Waals surface area contributed by atoms with Crippen molar-refractivity contribution in [2.24, 2.45) is 0 Å². The fourth-order valence-corrected chi connectivity index (χ4v) is 4.37. The van der Waals surface area contributed by atoms with Crippen LogP contribution in [0.1, 0.15) is 30.9 Å². The van der Waals surface area contributed by atoms with E-state index < -0.39 is 0 Å². The van der Waals surface area contributed by atoms with Gasteiger partial charge in [-0.05, 0) is 66.5 Å². The average molecular weight is 390 g/mol. The van der Waals surface area contributed by atoms with Crippen LogP contribution >= 0.6 is 23.7 Å². The number of benzene rings is 2. The number of ether oxygens (including phenoxy) is 1. The van der Waals surface area contributed by atoms with Crippen molar-refractivity contribution in [3.05, 3.63) is 59.7 Å². The van der Waals surface area contributed by atoms with Gasteiger partial charge in [0.2, 0.25) is 0 Å². The van der Waals surface area contributed by atoms with E-state index in [9.17, 15) is 5.11 Å². The second kappa shape index (κ2) is 8.30. The normalized spacial score (nSPS) is 17.3. The van der Waals surface area contributed by atoms with Gasteiger partial charge in [0.1, 0.15) is 12.0 Å². The summed E-state index contributed by atoms with van der Waals surface area (Å²) in [5, 5.41) is 14.7. The number of fused-ring (bicyclic) bond motifs is 2. The Morgan fingerprint density at radius 2 is 2.00 bits per heavy atom. The molecule has 138 valence electrons. The molecule has 2 N–H and O–H groups in total. The van der Waals surface area contributed by atoms with Crippen molar-refractivity contribution < 1.29 is 9.84 Å². The molecule has 1 aromatic heterocycles. The summed E-state index contributed by atoms with van der Waals surface area (Å²) in [6.07, 6.45) is 4.25. The zero-order chi connectivity index (χ0) is 17.2. The molecule has 3 aromatic rings. The van der Waals surface area contributed by atoms with Crippen LogP contribution in [0.15, 0.2) is 48.5 Å². The van der Waals surface area contributed by atoms with Crippen LogP contribution in [0.25, 0.3) is 10.1 Å². The van der Waals surface area contributed by atoms with Gasteiger partial charge in [-0.15, -0.1) is 12.4 Å². The lowest BCUT2D eigenvalue weighted by Gasteiger charge is -2.29. The Morgan fingerprint density at radius 3 is 2.81 bits per heavy atom. The smallest absolute Gasteiger partial charge is 0.172 e. The lowest BCUT2D eigenvalue weighted by Crippen LogP contribution is -2.44. The Labute approximate surface area is 164 Å². The summed E-state index contributed by atoms with van der Waals surface area (Å²) < 4.78 is 7.26. The van der Waals surface area contributed by atoms with Crippen LogP contribution in [0.5, 0.6) is 10.8 Å². The Balaban J connectivity index is 0.00000196. The number of nitrogens with one attached hydrogen (secondary N) is 1. The number of hydrogen-bond donors (Lipinski definition) is 2. The maximum atomic E-state index is 9.64. The van der Waals surface area contributed by atoms with E-state index in [-0.39, 0.29) is 18.6 Å². The summed E-state index contributed by atoms with van der Waals surface area (Å²) in [5.41, 5.74) is 2.94. The van der Waals surface area contributed by atoms with Crippen LogP contribution in [0.3, 0.4) is 0 Å². The molecule has 0 radical (unpaired) electrons. The molecule has 0 saturated carbocycles. The molecule has 1 aliphatic carbocycles. The predicted octanol–water partition coefficient (Wildman–Crippen LogP) is 5.29. The molecular formula is C21H24ClNO2S. The van der Waals surface area contributed by atoms with Gasteiger partial charge in [0.05, 0.1) is 0 Å². The van der Waals surface area contributed by atoms with Crippen LogP contribution in [-0.2, 0) is 12.8 Å². The molecule has 0 fully saturated rings. The molecule has 4 rings (SSSR count). The molecule has 0 amide bonds. The quantitative estimate of drug-likeness (QED) is 0.582. The Kier molecular flexibility index (Phi) is 6.07. The van der Waals surface area contributed by atoms with Gasteiger partial charge in [-0.25, -0.2) is 0 Å². The van der Waals surface area contributed by atoms with E-state index >= 15 is 0 Å². The number of hydrogen-bond acceptors (Lipinski definition) is 4. The molecule has 2 unspecified atom stereocenters. The number of aryl methyl sites for hydroxylation is 1. The van der Waals surface area contributed by atoms with Gasteiger partial charge in [-0.1, -0.05) is 42.5 Å². The SMILES string of the molecule is CCC(NC1CCc2ccccc2C1)Oc1ccc2sc(O)cc2c1.Cl. The lowest BCUT2D eigenvalue weighted by atomic mass is 9.88. The van der Waals surface area contributed by atoms with Gasteiger partial charge < -0.3 is 9.84 Å². The van der Waals surface area contributed by atoms with Gasteiger partial charge in [-0.2, -0.15) is 0 Å². The number of halogens is 1. The topological polar surface area (TPSA) is 41.5 Å². The van der Waals surface area contributed by atoms with Crippen molar-refractivity contribution in [2.45, 2.75) is 44.9 Å². The minimum absolute atomic E-state index is 0. The highest BCUT2D eigenvalue weighted by molar-refractivity contribution is 7.20. The van der Waals surface area contributed by atoms with Crippen LogP contribution in [-0.4, -0.2) is 17.4 Å². The van der Waals surface area contributed by atoms with E-state index in [4.69, 9.17) is 4.74 Å². The molecule has 3 nitrogen and oxygen atoms in total. The van der Waals surface area contributed by atoms with Gasteiger partial charge in [0.15, 0.2) is 5.06 Å². The van der Waals surface area contributed by atoms with Gasteiger partial charge in [-0.3, -0.25) is 5.32 Å². The number of aromatic hydroxyl groups is 1. The van der Waals surface area contributed by atoms with E-state index in [1.165, 1.54) is 22.5 Å².